The van der Waals surface area contributed by atoms with E-state index in [0.29, 0.717) is 5.56 Å². The van der Waals surface area contributed by atoms with Crippen LogP contribution in [0.15, 0.2) is 16.7 Å². The molecule has 1 aromatic rings. The van der Waals surface area contributed by atoms with Crippen molar-refractivity contribution in [3.05, 3.63) is 27.5 Å². The van der Waals surface area contributed by atoms with Gasteiger partial charge in [0.1, 0.15) is 5.15 Å². The lowest BCUT2D eigenvalue weighted by Gasteiger charge is -2.26. The third-order valence-corrected chi connectivity index (χ3v) is 4.14. The normalized spacial score (nSPS) is 23.7. The molecule has 1 amide bonds. The van der Waals surface area contributed by atoms with Crippen LogP contribution in [0.1, 0.15) is 43.0 Å². The monoisotopic (exact) mass is 330 g/mol. The summed E-state index contributed by atoms with van der Waals surface area (Å²) in [6.07, 6.45) is 6.03. The van der Waals surface area contributed by atoms with E-state index in [2.05, 4.69) is 33.2 Å². The number of carbonyl (C=O) groups is 1. The van der Waals surface area contributed by atoms with E-state index >= 15 is 0 Å². The summed E-state index contributed by atoms with van der Waals surface area (Å²) in [7, 11) is 0. The van der Waals surface area contributed by atoms with Gasteiger partial charge in [0.15, 0.2) is 0 Å². The number of halogens is 2. The topological polar surface area (TPSA) is 42.0 Å². The van der Waals surface area contributed by atoms with Gasteiger partial charge in [-0.05, 0) is 53.6 Å². The highest BCUT2D eigenvalue weighted by atomic mass is 79.9. The molecule has 1 saturated carbocycles. The minimum absolute atomic E-state index is 0.131. The minimum Gasteiger partial charge on any atom is -0.349 e. The first kappa shape index (κ1) is 13.8. The molecule has 98 valence electrons. The maximum absolute atomic E-state index is 12.1. The molecule has 1 aromatic heterocycles. The van der Waals surface area contributed by atoms with Crippen LogP contribution in [0.4, 0.5) is 0 Å². The van der Waals surface area contributed by atoms with Gasteiger partial charge in [-0.25, -0.2) is 4.98 Å². The number of rotatable bonds is 2. The predicted octanol–water partition coefficient (Wildman–Crippen LogP) is 3.81. The highest BCUT2D eigenvalue weighted by Gasteiger charge is 2.21. The summed E-state index contributed by atoms with van der Waals surface area (Å²) in [6.45, 7) is 2.26. The fourth-order valence-corrected chi connectivity index (χ4v) is 2.77. The quantitative estimate of drug-likeness (QED) is 0.837. The molecular weight excluding hydrogens is 316 g/mol. The summed E-state index contributed by atoms with van der Waals surface area (Å²) in [6, 6.07) is 1.97. The summed E-state index contributed by atoms with van der Waals surface area (Å²) in [5.74, 6) is 0.641. The molecule has 0 atom stereocenters. The first-order chi connectivity index (χ1) is 8.56. The van der Waals surface area contributed by atoms with Crippen LogP contribution < -0.4 is 5.32 Å². The summed E-state index contributed by atoms with van der Waals surface area (Å²) in [5.41, 5.74) is 0.435. The van der Waals surface area contributed by atoms with Crippen molar-refractivity contribution >= 4 is 33.4 Å². The number of hydrogen-bond acceptors (Lipinski definition) is 2. The number of hydrogen-bond donors (Lipinski definition) is 1. The van der Waals surface area contributed by atoms with Crippen molar-refractivity contribution in [1.29, 1.82) is 0 Å². The van der Waals surface area contributed by atoms with Crippen LogP contribution in [0.5, 0.6) is 0 Å². The smallest absolute Gasteiger partial charge is 0.254 e. The third kappa shape index (κ3) is 3.45. The molecule has 1 aliphatic rings. The van der Waals surface area contributed by atoms with E-state index < -0.39 is 0 Å². The summed E-state index contributed by atoms with van der Waals surface area (Å²) >= 11 is 9.24. The molecule has 1 fully saturated rings. The van der Waals surface area contributed by atoms with Crippen molar-refractivity contribution in [3.8, 4) is 0 Å². The number of nitrogens with one attached hydrogen (secondary N) is 1. The molecule has 0 unspecified atom stereocenters. The van der Waals surface area contributed by atoms with E-state index in [9.17, 15) is 4.79 Å². The van der Waals surface area contributed by atoms with Gasteiger partial charge in [0.05, 0.1) is 5.56 Å². The summed E-state index contributed by atoms with van der Waals surface area (Å²) in [5, 5.41) is 3.29. The van der Waals surface area contributed by atoms with Crippen LogP contribution in [0.25, 0.3) is 0 Å². The van der Waals surface area contributed by atoms with E-state index in [1.54, 1.807) is 12.3 Å². The van der Waals surface area contributed by atoms with Gasteiger partial charge in [-0.15, -0.1) is 0 Å². The van der Waals surface area contributed by atoms with Gasteiger partial charge in [0.2, 0.25) is 0 Å². The van der Waals surface area contributed by atoms with Gasteiger partial charge in [-0.3, -0.25) is 4.79 Å². The van der Waals surface area contributed by atoms with E-state index in [-0.39, 0.29) is 17.1 Å². The second-order valence-corrected chi connectivity index (χ2v) is 6.20. The molecule has 1 N–H and O–H groups in total. The highest BCUT2D eigenvalue weighted by Crippen LogP contribution is 2.24. The molecule has 0 aromatic carbocycles. The first-order valence-corrected chi connectivity index (χ1v) is 7.35. The zero-order chi connectivity index (χ0) is 13.1. The van der Waals surface area contributed by atoms with Crippen molar-refractivity contribution in [2.75, 3.05) is 0 Å². The third-order valence-electron chi connectivity index (χ3n) is 3.40. The van der Waals surface area contributed by atoms with Crippen molar-refractivity contribution in [2.45, 2.75) is 38.6 Å². The molecular formula is C13H16BrClN2O. The number of amides is 1. The average molecular weight is 332 g/mol. The van der Waals surface area contributed by atoms with Crippen LogP contribution in [0.2, 0.25) is 5.15 Å². The predicted molar refractivity (Wildman–Crippen MR) is 75.8 cm³/mol. The van der Waals surface area contributed by atoms with Gasteiger partial charge in [0, 0.05) is 16.7 Å². The van der Waals surface area contributed by atoms with Crippen LogP contribution in [-0.2, 0) is 0 Å². The molecule has 0 bridgehead atoms. The van der Waals surface area contributed by atoms with E-state index in [4.69, 9.17) is 11.6 Å². The van der Waals surface area contributed by atoms with Gasteiger partial charge >= 0.3 is 0 Å². The average Bonchev–Trinajstić information content (AvgIpc) is 2.35. The Morgan fingerprint density at radius 1 is 1.44 bits per heavy atom. The first-order valence-electron chi connectivity index (χ1n) is 6.18. The molecule has 18 heavy (non-hydrogen) atoms. The Bertz CT molecular complexity index is 445. The molecule has 3 nitrogen and oxygen atoms in total. The zero-order valence-corrected chi connectivity index (χ0v) is 12.6. The molecule has 0 aliphatic heterocycles. The lowest BCUT2D eigenvalue weighted by Crippen LogP contribution is -2.37. The van der Waals surface area contributed by atoms with E-state index in [1.807, 2.05) is 0 Å². The molecule has 1 heterocycles. The highest BCUT2D eigenvalue weighted by molar-refractivity contribution is 9.10. The van der Waals surface area contributed by atoms with Gasteiger partial charge in [0.25, 0.3) is 5.91 Å². The maximum atomic E-state index is 12.1. The van der Waals surface area contributed by atoms with Gasteiger partial charge < -0.3 is 5.32 Å². The number of aromatic nitrogens is 1. The maximum Gasteiger partial charge on any atom is 0.254 e. The van der Waals surface area contributed by atoms with Crippen molar-refractivity contribution in [1.82, 2.24) is 10.3 Å². The molecule has 0 saturated heterocycles. The summed E-state index contributed by atoms with van der Waals surface area (Å²) in [4.78, 5) is 16.1. The number of carbonyl (C=O) groups excluding carboxylic acids is 1. The minimum atomic E-state index is -0.131. The Kier molecular flexibility index (Phi) is 4.62. The Morgan fingerprint density at radius 2 is 2.11 bits per heavy atom. The SMILES string of the molecule is CC1CCC(NC(=O)c2cc(Br)cnc2Cl)CC1. The van der Waals surface area contributed by atoms with E-state index in [0.717, 1.165) is 23.2 Å². The number of pyridine rings is 1. The largest absolute Gasteiger partial charge is 0.349 e. The Morgan fingerprint density at radius 3 is 2.78 bits per heavy atom. The standard InChI is InChI=1S/C13H16BrClN2O/c1-8-2-4-10(5-3-8)17-13(18)11-6-9(14)7-16-12(11)15/h6-8,10H,2-5H2,1H3,(H,17,18). The second-order valence-electron chi connectivity index (χ2n) is 4.92. The Hall–Kier alpha value is -0.610. The lowest BCUT2D eigenvalue weighted by atomic mass is 9.87. The van der Waals surface area contributed by atoms with Gasteiger partial charge in [-0.1, -0.05) is 18.5 Å². The molecule has 2 rings (SSSR count). The lowest BCUT2D eigenvalue weighted by molar-refractivity contribution is 0.0922. The zero-order valence-electron chi connectivity index (χ0n) is 10.2. The second kappa shape index (κ2) is 6.02. The summed E-state index contributed by atoms with van der Waals surface area (Å²) < 4.78 is 0.759. The van der Waals surface area contributed by atoms with Crippen molar-refractivity contribution in [3.63, 3.8) is 0 Å². The molecule has 0 spiro atoms. The van der Waals surface area contributed by atoms with Crippen LogP contribution in [0.3, 0.4) is 0 Å². The van der Waals surface area contributed by atoms with Gasteiger partial charge in [-0.2, -0.15) is 0 Å². The fraction of sp³-hybridized carbons (Fsp3) is 0.538. The fourth-order valence-electron chi connectivity index (χ4n) is 2.25. The molecule has 0 radical (unpaired) electrons. The Labute approximate surface area is 120 Å². The van der Waals surface area contributed by atoms with Crippen molar-refractivity contribution in [2.24, 2.45) is 5.92 Å². The van der Waals surface area contributed by atoms with Crippen molar-refractivity contribution < 1.29 is 4.79 Å². The van der Waals surface area contributed by atoms with Crippen LogP contribution in [0, 0.1) is 5.92 Å². The van der Waals surface area contributed by atoms with Crippen LogP contribution >= 0.6 is 27.5 Å². The number of nitrogens with zero attached hydrogens (tertiary/aromatic N) is 1. The molecule has 1 aliphatic carbocycles. The Balaban J connectivity index is 2.01. The van der Waals surface area contributed by atoms with Crippen LogP contribution in [-0.4, -0.2) is 16.9 Å². The molecule has 5 heteroatoms. The van der Waals surface area contributed by atoms with E-state index in [1.165, 1.54) is 12.8 Å².